The highest BCUT2D eigenvalue weighted by molar-refractivity contribution is 5.95. The molecule has 1 fully saturated rings. The molecular formula is C21H22N4O. The second-order valence-corrected chi connectivity index (χ2v) is 7.02. The van der Waals surface area contributed by atoms with E-state index >= 15 is 0 Å². The monoisotopic (exact) mass is 346 g/mol. The van der Waals surface area contributed by atoms with Crippen LogP contribution in [0.5, 0.6) is 0 Å². The van der Waals surface area contributed by atoms with E-state index in [-0.39, 0.29) is 5.91 Å². The SMILES string of the molecule is Cc1ncncc1C(=O)N1CCC[C@@H](Cc2ccc3ncccc3c2)C1. The Balaban J connectivity index is 1.48. The molecule has 0 saturated carbocycles. The quantitative estimate of drug-likeness (QED) is 0.729. The van der Waals surface area contributed by atoms with Crippen LogP contribution in [0, 0.1) is 12.8 Å². The van der Waals surface area contributed by atoms with Crippen molar-refractivity contribution in [2.75, 3.05) is 13.1 Å². The average molecular weight is 346 g/mol. The number of piperidine rings is 1. The Bertz CT molecular complexity index is 940. The average Bonchev–Trinajstić information content (AvgIpc) is 2.68. The topological polar surface area (TPSA) is 59.0 Å². The lowest BCUT2D eigenvalue weighted by molar-refractivity contribution is 0.0671. The molecule has 1 amide bonds. The molecule has 2 aromatic heterocycles. The van der Waals surface area contributed by atoms with E-state index in [1.165, 1.54) is 17.3 Å². The summed E-state index contributed by atoms with van der Waals surface area (Å²) in [4.78, 5) is 27.3. The fourth-order valence-electron chi connectivity index (χ4n) is 3.77. The third-order valence-electron chi connectivity index (χ3n) is 5.14. The molecule has 1 aromatic carbocycles. The fraction of sp³-hybridized carbons (Fsp3) is 0.333. The van der Waals surface area contributed by atoms with Gasteiger partial charge in [0.15, 0.2) is 0 Å². The van der Waals surface area contributed by atoms with E-state index in [1.807, 2.05) is 24.1 Å². The van der Waals surface area contributed by atoms with Crippen molar-refractivity contribution in [1.82, 2.24) is 19.9 Å². The van der Waals surface area contributed by atoms with E-state index in [2.05, 4.69) is 39.2 Å². The zero-order valence-corrected chi connectivity index (χ0v) is 14.9. The van der Waals surface area contributed by atoms with Gasteiger partial charge in [0.05, 0.1) is 16.8 Å². The Labute approximate surface area is 153 Å². The lowest BCUT2D eigenvalue weighted by Crippen LogP contribution is -2.40. The lowest BCUT2D eigenvalue weighted by atomic mass is 9.90. The molecule has 0 unspecified atom stereocenters. The van der Waals surface area contributed by atoms with Crippen molar-refractivity contribution in [3.63, 3.8) is 0 Å². The third-order valence-corrected chi connectivity index (χ3v) is 5.14. The molecule has 26 heavy (non-hydrogen) atoms. The van der Waals surface area contributed by atoms with Crippen LogP contribution in [0.25, 0.3) is 10.9 Å². The summed E-state index contributed by atoms with van der Waals surface area (Å²) in [5, 5.41) is 1.17. The minimum absolute atomic E-state index is 0.0514. The van der Waals surface area contributed by atoms with Crippen molar-refractivity contribution < 1.29 is 4.79 Å². The molecule has 1 saturated heterocycles. The van der Waals surface area contributed by atoms with E-state index < -0.39 is 0 Å². The van der Waals surface area contributed by atoms with Crippen molar-refractivity contribution in [3.8, 4) is 0 Å². The van der Waals surface area contributed by atoms with E-state index in [9.17, 15) is 4.79 Å². The zero-order chi connectivity index (χ0) is 17.9. The van der Waals surface area contributed by atoms with Crippen LogP contribution in [0.3, 0.4) is 0 Å². The van der Waals surface area contributed by atoms with Gasteiger partial charge in [-0.25, -0.2) is 9.97 Å². The van der Waals surface area contributed by atoms with Gasteiger partial charge < -0.3 is 4.90 Å². The van der Waals surface area contributed by atoms with Gasteiger partial charge in [-0.2, -0.15) is 0 Å². The van der Waals surface area contributed by atoms with Gasteiger partial charge in [-0.05, 0) is 55.9 Å². The van der Waals surface area contributed by atoms with Crippen molar-refractivity contribution >= 4 is 16.8 Å². The number of likely N-dealkylation sites (tertiary alicyclic amines) is 1. The molecule has 3 aromatic rings. The molecule has 1 aliphatic rings. The number of aryl methyl sites for hydroxylation is 1. The highest BCUT2D eigenvalue weighted by atomic mass is 16.2. The molecule has 0 aliphatic carbocycles. The van der Waals surface area contributed by atoms with Crippen molar-refractivity contribution in [1.29, 1.82) is 0 Å². The van der Waals surface area contributed by atoms with Crippen LogP contribution in [-0.4, -0.2) is 38.8 Å². The molecule has 5 heteroatoms. The maximum atomic E-state index is 12.8. The predicted molar refractivity (Wildman–Crippen MR) is 101 cm³/mol. The Morgan fingerprint density at radius 1 is 1.27 bits per heavy atom. The number of pyridine rings is 1. The van der Waals surface area contributed by atoms with Crippen LogP contribution in [0.4, 0.5) is 0 Å². The molecule has 0 spiro atoms. The first kappa shape index (κ1) is 16.6. The maximum Gasteiger partial charge on any atom is 0.257 e. The Morgan fingerprint density at radius 2 is 2.19 bits per heavy atom. The van der Waals surface area contributed by atoms with Gasteiger partial charge in [-0.15, -0.1) is 0 Å². The minimum atomic E-state index is 0.0514. The van der Waals surface area contributed by atoms with Gasteiger partial charge in [0.25, 0.3) is 5.91 Å². The summed E-state index contributed by atoms with van der Waals surface area (Å²) in [7, 11) is 0. The van der Waals surface area contributed by atoms with E-state index in [0.29, 0.717) is 11.5 Å². The third kappa shape index (κ3) is 3.43. The molecular weight excluding hydrogens is 324 g/mol. The van der Waals surface area contributed by atoms with E-state index in [4.69, 9.17) is 0 Å². The normalized spacial score (nSPS) is 17.4. The summed E-state index contributed by atoms with van der Waals surface area (Å²) in [6.45, 7) is 3.46. The number of carbonyl (C=O) groups excluding carboxylic acids is 1. The zero-order valence-electron chi connectivity index (χ0n) is 14.9. The van der Waals surface area contributed by atoms with Crippen LogP contribution < -0.4 is 0 Å². The first-order valence-corrected chi connectivity index (χ1v) is 9.10. The molecule has 0 bridgehead atoms. The number of hydrogen-bond donors (Lipinski definition) is 0. The summed E-state index contributed by atoms with van der Waals surface area (Å²) in [5.41, 5.74) is 3.69. The molecule has 3 heterocycles. The number of fused-ring (bicyclic) bond motifs is 1. The number of nitrogens with zero attached hydrogens (tertiary/aromatic N) is 4. The number of aromatic nitrogens is 3. The van der Waals surface area contributed by atoms with Crippen LogP contribution in [0.1, 0.15) is 34.5 Å². The number of rotatable bonds is 3. The summed E-state index contributed by atoms with van der Waals surface area (Å²) in [5.74, 6) is 0.530. The lowest BCUT2D eigenvalue weighted by Gasteiger charge is -2.33. The van der Waals surface area contributed by atoms with Gasteiger partial charge in [0.1, 0.15) is 6.33 Å². The second-order valence-electron chi connectivity index (χ2n) is 7.02. The summed E-state index contributed by atoms with van der Waals surface area (Å²) in [6, 6.07) is 10.5. The van der Waals surface area contributed by atoms with Gasteiger partial charge in [0.2, 0.25) is 0 Å². The van der Waals surface area contributed by atoms with Gasteiger partial charge in [0, 0.05) is 30.9 Å². The highest BCUT2D eigenvalue weighted by Crippen LogP contribution is 2.24. The molecule has 0 N–H and O–H groups in total. The molecule has 5 nitrogen and oxygen atoms in total. The van der Waals surface area contributed by atoms with Gasteiger partial charge in [-0.1, -0.05) is 12.1 Å². The largest absolute Gasteiger partial charge is 0.338 e. The number of carbonyl (C=O) groups is 1. The van der Waals surface area contributed by atoms with Crippen LogP contribution in [0.2, 0.25) is 0 Å². The summed E-state index contributed by atoms with van der Waals surface area (Å²) < 4.78 is 0. The molecule has 0 radical (unpaired) electrons. The smallest absolute Gasteiger partial charge is 0.257 e. The first-order chi connectivity index (χ1) is 12.7. The van der Waals surface area contributed by atoms with Crippen molar-refractivity contribution in [2.45, 2.75) is 26.2 Å². The molecule has 1 aliphatic heterocycles. The highest BCUT2D eigenvalue weighted by Gasteiger charge is 2.26. The van der Waals surface area contributed by atoms with Crippen molar-refractivity contribution in [3.05, 3.63) is 65.9 Å². The summed E-state index contributed by atoms with van der Waals surface area (Å²) >= 11 is 0. The van der Waals surface area contributed by atoms with Crippen LogP contribution >= 0.6 is 0 Å². The second kappa shape index (κ2) is 7.20. The van der Waals surface area contributed by atoms with Crippen LogP contribution in [0.15, 0.2) is 49.1 Å². The number of amides is 1. The predicted octanol–water partition coefficient (Wildman–Crippen LogP) is 3.43. The maximum absolute atomic E-state index is 12.8. The first-order valence-electron chi connectivity index (χ1n) is 9.10. The Hall–Kier alpha value is -2.82. The van der Waals surface area contributed by atoms with E-state index in [0.717, 1.165) is 43.6 Å². The molecule has 132 valence electrons. The number of hydrogen-bond acceptors (Lipinski definition) is 4. The minimum Gasteiger partial charge on any atom is -0.338 e. The molecule has 1 atom stereocenters. The van der Waals surface area contributed by atoms with Gasteiger partial charge >= 0.3 is 0 Å². The fourth-order valence-corrected chi connectivity index (χ4v) is 3.77. The van der Waals surface area contributed by atoms with Crippen LogP contribution in [-0.2, 0) is 6.42 Å². The Morgan fingerprint density at radius 3 is 3.08 bits per heavy atom. The van der Waals surface area contributed by atoms with Crippen molar-refractivity contribution in [2.24, 2.45) is 5.92 Å². The number of benzene rings is 1. The molecule has 4 rings (SSSR count). The van der Waals surface area contributed by atoms with Gasteiger partial charge in [-0.3, -0.25) is 9.78 Å². The Kier molecular flexibility index (Phi) is 4.61. The summed E-state index contributed by atoms with van der Waals surface area (Å²) in [6.07, 6.45) is 8.11. The standard InChI is InChI=1S/C21H22N4O/c1-15-19(12-22-14-24-15)21(26)25-9-3-4-17(13-25)10-16-6-7-20-18(11-16)5-2-8-23-20/h2,5-8,11-12,14,17H,3-4,9-10,13H2,1H3/t17-/m0/s1. The van der Waals surface area contributed by atoms with E-state index in [1.54, 1.807) is 6.20 Å².